The number of hydrogen-bond acceptors (Lipinski definition) is 4. The second-order valence-electron chi connectivity index (χ2n) is 3.61. The van der Waals surface area contributed by atoms with Crippen molar-refractivity contribution in [1.29, 1.82) is 0 Å². The van der Waals surface area contributed by atoms with Crippen LogP contribution in [0, 0.1) is 0 Å². The predicted octanol–water partition coefficient (Wildman–Crippen LogP) is 0.423. The van der Waals surface area contributed by atoms with Crippen LogP contribution >= 0.6 is 0 Å². The minimum absolute atomic E-state index is 0.0728. The van der Waals surface area contributed by atoms with E-state index in [0.717, 1.165) is 26.1 Å². The Labute approximate surface area is 87.8 Å². The normalized spacial score (nSPS) is 16.0. The van der Waals surface area contributed by atoms with Crippen LogP contribution in [0.15, 0.2) is 12.3 Å². The molecule has 0 spiro atoms. The molecule has 2 rings (SSSR count). The van der Waals surface area contributed by atoms with Crippen molar-refractivity contribution < 1.29 is 9.90 Å². The Bertz CT molecular complexity index is 363. The third kappa shape index (κ3) is 2.50. The van der Waals surface area contributed by atoms with E-state index in [-0.39, 0.29) is 5.69 Å². The van der Waals surface area contributed by atoms with Gasteiger partial charge in [-0.2, -0.15) is 0 Å². The average molecular weight is 207 g/mol. The molecule has 0 atom stereocenters. The Morgan fingerprint density at radius 2 is 2.33 bits per heavy atom. The highest BCUT2D eigenvalue weighted by molar-refractivity contribution is 5.85. The monoisotopic (exact) mass is 207 g/mol. The fourth-order valence-electron chi connectivity index (χ4n) is 1.50. The summed E-state index contributed by atoms with van der Waals surface area (Å²) in [6.07, 6.45) is 3.49. The molecular weight excluding hydrogens is 194 g/mol. The molecule has 0 amide bonds. The number of hydrogen-bond donors (Lipinski definition) is 1. The average Bonchev–Trinajstić information content (AvgIpc) is 2.16. The molecule has 80 valence electrons. The lowest BCUT2D eigenvalue weighted by Crippen LogP contribution is -2.38. The first kappa shape index (κ1) is 10.0. The molecule has 2 heterocycles. The van der Waals surface area contributed by atoms with Gasteiger partial charge in [-0.1, -0.05) is 0 Å². The van der Waals surface area contributed by atoms with Gasteiger partial charge in [0.15, 0.2) is 5.69 Å². The van der Waals surface area contributed by atoms with Gasteiger partial charge in [0.1, 0.15) is 5.82 Å². The van der Waals surface area contributed by atoms with Gasteiger partial charge in [-0.05, 0) is 25.6 Å². The summed E-state index contributed by atoms with van der Waals surface area (Å²) in [7, 11) is 0. The Hall–Kier alpha value is -1.49. The maximum absolute atomic E-state index is 10.7. The van der Waals surface area contributed by atoms with Gasteiger partial charge < -0.3 is 10.0 Å². The van der Waals surface area contributed by atoms with Gasteiger partial charge in [0.05, 0.1) is 0 Å². The molecule has 0 radical (unpaired) electrons. The van der Waals surface area contributed by atoms with Crippen LogP contribution in [0.25, 0.3) is 0 Å². The molecule has 5 nitrogen and oxygen atoms in total. The Kier molecular flexibility index (Phi) is 2.91. The van der Waals surface area contributed by atoms with Crippen LogP contribution in [-0.2, 0) is 6.42 Å². The van der Waals surface area contributed by atoms with E-state index >= 15 is 0 Å². The lowest BCUT2D eigenvalue weighted by molar-refractivity contribution is 0.0689. The summed E-state index contributed by atoms with van der Waals surface area (Å²) in [5.74, 6) is -0.385. The number of aromatic nitrogens is 2. The van der Waals surface area contributed by atoms with Gasteiger partial charge in [-0.3, -0.25) is 0 Å². The molecule has 1 fully saturated rings. The third-order valence-corrected chi connectivity index (χ3v) is 2.52. The van der Waals surface area contributed by atoms with E-state index in [1.807, 2.05) is 0 Å². The maximum atomic E-state index is 10.7. The fourth-order valence-corrected chi connectivity index (χ4v) is 1.50. The van der Waals surface area contributed by atoms with E-state index < -0.39 is 5.97 Å². The zero-order valence-corrected chi connectivity index (χ0v) is 8.39. The van der Waals surface area contributed by atoms with Gasteiger partial charge in [-0.15, -0.1) is 0 Å². The van der Waals surface area contributed by atoms with Gasteiger partial charge in [0.2, 0.25) is 0 Å². The summed E-state index contributed by atoms with van der Waals surface area (Å²) in [5, 5.41) is 8.74. The number of carbonyl (C=O) groups is 1. The van der Waals surface area contributed by atoms with E-state index in [1.165, 1.54) is 18.7 Å². The third-order valence-electron chi connectivity index (χ3n) is 2.52. The zero-order chi connectivity index (χ0) is 10.7. The van der Waals surface area contributed by atoms with Gasteiger partial charge in [0.25, 0.3) is 0 Å². The van der Waals surface area contributed by atoms with E-state index in [2.05, 4.69) is 14.9 Å². The standard InChI is InChI=1S/C10H13N3O2/c14-10(15)8-2-4-11-9(12-8)3-7-13-5-1-6-13/h2,4H,1,3,5-7H2,(H,14,15). The molecule has 1 aromatic heterocycles. The highest BCUT2D eigenvalue weighted by Gasteiger charge is 2.14. The van der Waals surface area contributed by atoms with Crippen LogP contribution in [0.2, 0.25) is 0 Å². The molecular formula is C10H13N3O2. The minimum Gasteiger partial charge on any atom is -0.477 e. The summed E-state index contributed by atoms with van der Waals surface area (Å²) in [4.78, 5) is 21.0. The highest BCUT2D eigenvalue weighted by Crippen LogP contribution is 2.06. The first-order chi connectivity index (χ1) is 7.25. The van der Waals surface area contributed by atoms with Crippen LogP contribution in [-0.4, -0.2) is 45.6 Å². The van der Waals surface area contributed by atoms with Crippen molar-refractivity contribution in [3.8, 4) is 0 Å². The van der Waals surface area contributed by atoms with Crippen molar-refractivity contribution in [3.63, 3.8) is 0 Å². The number of likely N-dealkylation sites (tertiary alicyclic amines) is 1. The molecule has 15 heavy (non-hydrogen) atoms. The number of rotatable bonds is 4. The Morgan fingerprint density at radius 3 is 2.93 bits per heavy atom. The zero-order valence-electron chi connectivity index (χ0n) is 8.39. The first-order valence-corrected chi connectivity index (χ1v) is 5.03. The topological polar surface area (TPSA) is 66.3 Å². The van der Waals surface area contributed by atoms with Crippen molar-refractivity contribution >= 4 is 5.97 Å². The smallest absolute Gasteiger partial charge is 0.354 e. The van der Waals surface area contributed by atoms with Crippen molar-refractivity contribution in [3.05, 3.63) is 23.8 Å². The van der Waals surface area contributed by atoms with Crippen LogP contribution in [0.1, 0.15) is 22.7 Å². The molecule has 0 bridgehead atoms. The van der Waals surface area contributed by atoms with Gasteiger partial charge >= 0.3 is 5.97 Å². The SMILES string of the molecule is O=C(O)c1ccnc(CCN2CCC2)n1. The summed E-state index contributed by atoms with van der Waals surface area (Å²) in [5.41, 5.74) is 0.0728. The molecule has 1 aromatic rings. The largest absolute Gasteiger partial charge is 0.477 e. The fraction of sp³-hybridized carbons (Fsp3) is 0.500. The second kappa shape index (κ2) is 4.35. The molecule has 0 aliphatic carbocycles. The number of aromatic carboxylic acids is 1. The van der Waals surface area contributed by atoms with Crippen molar-refractivity contribution in [2.24, 2.45) is 0 Å². The van der Waals surface area contributed by atoms with Crippen LogP contribution in [0.3, 0.4) is 0 Å². The second-order valence-corrected chi connectivity index (χ2v) is 3.61. The maximum Gasteiger partial charge on any atom is 0.354 e. The summed E-state index contributed by atoms with van der Waals surface area (Å²) in [6.45, 7) is 3.19. The molecule has 0 saturated carbocycles. The van der Waals surface area contributed by atoms with Crippen molar-refractivity contribution in [2.75, 3.05) is 19.6 Å². The molecule has 5 heteroatoms. The highest BCUT2D eigenvalue weighted by atomic mass is 16.4. The van der Waals surface area contributed by atoms with Gasteiger partial charge in [0, 0.05) is 19.2 Å². The van der Waals surface area contributed by atoms with Crippen LogP contribution in [0.4, 0.5) is 0 Å². The predicted molar refractivity (Wildman–Crippen MR) is 53.8 cm³/mol. The van der Waals surface area contributed by atoms with Gasteiger partial charge in [-0.25, -0.2) is 14.8 Å². The molecule has 0 aromatic carbocycles. The lowest BCUT2D eigenvalue weighted by atomic mass is 10.2. The van der Waals surface area contributed by atoms with Crippen molar-refractivity contribution in [1.82, 2.24) is 14.9 Å². The number of carboxylic acids is 1. The minimum atomic E-state index is -0.998. The van der Waals surface area contributed by atoms with E-state index in [0.29, 0.717) is 5.82 Å². The van der Waals surface area contributed by atoms with E-state index in [4.69, 9.17) is 5.11 Å². The first-order valence-electron chi connectivity index (χ1n) is 5.03. The summed E-state index contributed by atoms with van der Waals surface area (Å²) >= 11 is 0. The molecule has 1 saturated heterocycles. The molecule has 1 aliphatic rings. The van der Waals surface area contributed by atoms with Crippen molar-refractivity contribution in [2.45, 2.75) is 12.8 Å². The quantitative estimate of drug-likeness (QED) is 0.775. The summed E-state index contributed by atoms with van der Waals surface area (Å²) in [6, 6.07) is 1.41. The molecule has 0 unspecified atom stereocenters. The van der Waals surface area contributed by atoms with E-state index in [1.54, 1.807) is 0 Å². The molecule has 1 aliphatic heterocycles. The number of carboxylic acid groups (broad SMARTS) is 1. The summed E-state index contributed by atoms with van der Waals surface area (Å²) < 4.78 is 0. The van der Waals surface area contributed by atoms with E-state index in [9.17, 15) is 4.79 Å². The Balaban J connectivity index is 1.94. The molecule has 1 N–H and O–H groups in total. The van der Waals surface area contributed by atoms with Crippen LogP contribution < -0.4 is 0 Å². The number of nitrogens with zero attached hydrogens (tertiary/aromatic N) is 3. The van der Waals surface area contributed by atoms with Crippen LogP contribution in [0.5, 0.6) is 0 Å². The lowest BCUT2D eigenvalue weighted by Gasteiger charge is -2.30. The Morgan fingerprint density at radius 1 is 1.53 bits per heavy atom.